The first-order valence-corrected chi connectivity index (χ1v) is 6.54. The highest BCUT2D eigenvalue weighted by Gasteiger charge is 2.12. The minimum absolute atomic E-state index is 0.282. The number of aromatic nitrogens is 1. The molecule has 1 heterocycles. The highest BCUT2D eigenvalue weighted by Crippen LogP contribution is 2.17. The molecule has 0 saturated carbocycles. The first-order valence-electron chi connectivity index (χ1n) is 5.75. The Labute approximate surface area is 123 Å². The highest BCUT2D eigenvalue weighted by molar-refractivity contribution is 9.10. The molecule has 0 aliphatic heterocycles. The van der Waals surface area contributed by atoms with Gasteiger partial charge in [-0.3, -0.25) is 4.79 Å². The molecule has 104 valence electrons. The third kappa shape index (κ3) is 3.52. The molecule has 1 aromatic heterocycles. The van der Waals surface area contributed by atoms with Crippen molar-refractivity contribution in [3.8, 4) is 0 Å². The minimum Gasteiger partial charge on any atom is -0.348 e. The van der Waals surface area contributed by atoms with Gasteiger partial charge in [0.05, 0.1) is 5.56 Å². The molecule has 0 aliphatic rings. The number of rotatable bonds is 4. The molecule has 20 heavy (non-hydrogen) atoms. The molecule has 7 heteroatoms. The molecule has 4 N–H and O–H groups in total. The number of nitrogens with one attached hydrogen (secondary N) is 2. The Balaban J connectivity index is 2.08. The number of benzene rings is 1. The summed E-state index contributed by atoms with van der Waals surface area (Å²) >= 11 is 3.25. The summed E-state index contributed by atoms with van der Waals surface area (Å²) in [6.07, 6.45) is 1.53. The van der Waals surface area contributed by atoms with Crippen molar-refractivity contribution in [1.82, 2.24) is 10.3 Å². The Morgan fingerprint density at radius 2 is 2.05 bits per heavy atom. The zero-order valence-electron chi connectivity index (χ0n) is 10.4. The van der Waals surface area contributed by atoms with E-state index in [4.69, 9.17) is 5.84 Å². The van der Waals surface area contributed by atoms with Gasteiger partial charge in [-0.2, -0.15) is 0 Å². The molecule has 2 rings (SSSR count). The Morgan fingerprint density at radius 1 is 1.35 bits per heavy atom. The van der Waals surface area contributed by atoms with Crippen molar-refractivity contribution in [3.63, 3.8) is 0 Å². The number of nitrogens with two attached hydrogens (primary N) is 1. The fraction of sp³-hybridized carbons (Fsp3) is 0.0769. The number of amides is 1. The zero-order chi connectivity index (χ0) is 14.5. The van der Waals surface area contributed by atoms with Crippen molar-refractivity contribution >= 4 is 27.7 Å². The van der Waals surface area contributed by atoms with Gasteiger partial charge >= 0.3 is 0 Å². The number of pyridine rings is 1. The third-order valence-electron chi connectivity index (χ3n) is 2.60. The van der Waals surface area contributed by atoms with Crippen molar-refractivity contribution in [1.29, 1.82) is 0 Å². The van der Waals surface area contributed by atoms with Gasteiger partial charge < -0.3 is 10.7 Å². The number of anilines is 1. The number of carbonyl (C=O) groups is 1. The average Bonchev–Trinajstić information content (AvgIpc) is 2.46. The van der Waals surface area contributed by atoms with Crippen molar-refractivity contribution < 1.29 is 9.18 Å². The molecule has 2 aromatic rings. The maximum absolute atomic E-state index is 12.8. The van der Waals surface area contributed by atoms with E-state index < -0.39 is 0 Å². The second-order valence-corrected chi connectivity index (χ2v) is 4.92. The van der Waals surface area contributed by atoms with Gasteiger partial charge in [0.15, 0.2) is 5.82 Å². The van der Waals surface area contributed by atoms with E-state index in [0.717, 1.165) is 5.56 Å². The van der Waals surface area contributed by atoms with Gasteiger partial charge in [-0.15, -0.1) is 0 Å². The molecule has 0 saturated heterocycles. The molecule has 0 atom stereocenters. The predicted molar refractivity (Wildman–Crippen MR) is 77.3 cm³/mol. The summed E-state index contributed by atoms with van der Waals surface area (Å²) in [6.45, 7) is 0.287. The molecule has 1 aromatic carbocycles. The highest BCUT2D eigenvalue weighted by atomic mass is 79.9. The van der Waals surface area contributed by atoms with Crippen LogP contribution in [0.1, 0.15) is 15.9 Å². The van der Waals surface area contributed by atoms with E-state index in [1.165, 1.54) is 18.3 Å². The molecule has 5 nitrogen and oxygen atoms in total. The molecule has 0 bridgehead atoms. The lowest BCUT2D eigenvalue weighted by molar-refractivity contribution is 0.0951. The third-order valence-corrected chi connectivity index (χ3v) is 3.04. The maximum atomic E-state index is 12.8. The molecule has 0 spiro atoms. The lowest BCUT2D eigenvalue weighted by Crippen LogP contribution is -2.25. The number of hydrogen-bond donors (Lipinski definition) is 3. The van der Waals surface area contributed by atoms with Crippen LogP contribution in [0.3, 0.4) is 0 Å². The second-order valence-electron chi connectivity index (χ2n) is 4.00. The topological polar surface area (TPSA) is 80.0 Å². The van der Waals surface area contributed by atoms with Gasteiger partial charge in [-0.1, -0.05) is 12.1 Å². The zero-order valence-corrected chi connectivity index (χ0v) is 11.9. The smallest absolute Gasteiger partial charge is 0.255 e. The molecule has 0 aliphatic carbocycles. The molecule has 0 radical (unpaired) electrons. The van der Waals surface area contributed by atoms with Gasteiger partial charge in [0.1, 0.15) is 5.82 Å². The lowest BCUT2D eigenvalue weighted by atomic mass is 10.2. The summed E-state index contributed by atoms with van der Waals surface area (Å²) in [6, 6.07) is 7.51. The number of hydrogen-bond acceptors (Lipinski definition) is 4. The van der Waals surface area contributed by atoms with E-state index in [0.29, 0.717) is 10.0 Å². The van der Waals surface area contributed by atoms with Crippen LogP contribution < -0.4 is 16.6 Å². The Bertz CT molecular complexity index is 618. The second kappa shape index (κ2) is 6.44. The fourth-order valence-corrected chi connectivity index (χ4v) is 1.94. The van der Waals surface area contributed by atoms with Crippen LogP contribution in [0, 0.1) is 5.82 Å². The van der Waals surface area contributed by atoms with Crippen molar-refractivity contribution in [2.45, 2.75) is 6.54 Å². The number of carbonyl (C=O) groups excluding carboxylic acids is 1. The Hall–Kier alpha value is -1.99. The number of hydrazine groups is 1. The van der Waals surface area contributed by atoms with Crippen LogP contribution >= 0.6 is 15.9 Å². The molecule has 1 amide bonds. The molecular weight excluding hydrogens is 327 g/mol. The number of nitrogen functional groups attached to an aromatic ring is 1. The van der Waals surface area contributed by atoms with E-state index in [9.17, 15) is 9.18 Å². The van der Waals surface area contributed by atoms with Crippen LogP contribution in [0.2, 0.25) is 0 Å². The monoisotopic (exact) mass is 338 g/mol. The Kier molecular flexibility index (Phi) is 4.65. The molecule has 0 unspecified atom stereocenters. The van der Waals surface area contributed by atoms with Gasteiger partial charge in [0, 0.05) is 17.2 Å². The van der Waals surface area contributed by atoms with Crippen LogP contribution in [0.15, 0.2) is 41.0 Å². The first kappa shape index (κ1) is 14.4. The summed E-state index contributed by atoms with van der Waals surface area (Å²) < 4.78 is 13.4. The summed E-state index contributed by atoms with van der Waals surface area (Å²) in [5, 5.41) is 2.72. The largest absolute Gasteiger partial charge is 0.348 e. The quantitative estimate of drug-likeness (QED) is 0.589. The number of halogens is 2. The predicted octanol–water partition coefficient (Wildman–Crippen LogP) is 2.20. The normalized spacial score (nSPS) is 10.2. The first-order chi connectivity index (χ1) is 9.60. The van der Waals surface area contributed by atoms with Crippen LogP contribution in [0.4, 0.5) is 10.2 Å². The summed E-state index contributed by atoms with van der Waals surface area (Å²) in [7, 11) is 0. The van der Waals surface area contributed by atoms with Crippen LogP contribution in [0.5, 0.6) is 0 Å². The van der Waals surface area contributed by atoms with Crippen LogP contribution in [-0.4, -0.2) is 10.9 Å². The summed E-state index contributed by atoms with van der Waals surface area (Å²) in [5.41, 5.74) is 3.49. The Morgan fingerprint density at radius 3 is 2.70 bits per heavy atom. The van der Waals surface area contributed by atoms with E-state index in [1.54, 1.807) is 18.2 Å². The van der Waals surface area contributed by atoms with Gasteiger partial charge in [-0.05, 0) is 39.7 Å². The SMILES string of the molecule is NNc1ncc(Br)cc1C(=O)NCc1ccc(F)cc1. The molecular formula is C13H12BrFN4O. The van der Waals surface area contributed by atoms with Crippen LogP contribution in [0.25, 0.3) is 0 Å². The molecule has 0 fully saturated rings. The average molecular weight is 339 g/mol. The minimum atomic E-state index is -0.323. The maximum Gasteiger partial charge on any atom is 0.255 e. The van der Waals surface area contributed by atoms with E-state index >= 15 is 0 Å². The van der Waals surface area contributed by atoms with Crippen molar-refractivity contribution in [2.75, 3.05) is 5.43 Å². The summed E-state index contributed by atoms with van der Waals surface area (Å²) in [5.74, 6) is 4.96. The lowest BCUT2D eigenvalue weighted by Gasteiger charge is -2.09. The van der Waals surface area contributed by atoms with Crippen LogP contribution in [-0.2, 0) is 6.54 Å². The van der Waals surface area contributed by atoms with Gasteiger partial charge in [0.25, 0.3) is 5.91 Å². The van der Waals surface area contributed by atoms with E-state index in [2.05, 4.69) is 31.7 Å². The summed E-state index contributed by atoms with van der Waals surface area (Å²) in [4.78, 5) is 16.1. The van der Waals surface area contributed by atoms with Crippen molar-refractivity contribution in [2.24, 2.45) is 5.84 Å². The van der Waals surface area contributed by atoms with E-state index in [-0.39, 0.29) is 24.1 Å². The fourth-order valence-electron chi connectivity index (χ4n) is 1.61. The van der Waals surface area contributed by atoms with E-state index in [1.807, 2.05) is 0 Å². The standard InChI is InChI=1S/C13H12BrFN4O/c14-9-5-11(12(19-16)17-7-9)13(20)18-6-8-1-3-10(15)4-2-8/h1-5,7H,6,16H2,(H,17,19)(H,18,20). The van der Waals surface area contributed by atoms with Gasteiger partial charge in [-0.25, -0.2) is 15.2 Å². The number of nitrogens with zero attached hydrogens (tertiary/aromatic N) is 1. The van der Waals surface area contributed by atoms with Gasteiger partial charge in [0.2, 0.25) is 0 Å². The van der Waals surface area contributed by atoms with Crippen molar-refractivity contribution in [3.05, 3.63) is 57.9 Å².